The topological polar surface area (TPSA) is 35.9 Å². The fraction of sp³-hybridized carbons (Fsp3) is 0.333. The maximum atomic E-state index is 5.64. The summed E-state index contributed by atoms with van der Waals surface area (Å²) in [6, 6.07) is 19.0. The van der Waals surface area contributed by atoms with Crippen LogP contribution >= 0.6 is 0 Å². The molecule has 0 bridgehead atoms. The molecule has 5 heteroatoms. The van der Waals surface area contributed by atoms with E-state index in [0.29, 0.717) is 0 Å². The average Bonchev–Trinajstić information content (AvgIpc) is 3.15. The lowest BCUT2D eigenvalue weighted by Gasteiger charge is -2.31. The first-order valence-corrected chi connectivity index (χ1v) is 9.97. The summed E-state index contributed by atoms with van der Waals surface area (Å²) < 4.78 is 18.8. The van der Waals surface area contributed by atoms with Crippen molar-refractivity contribution in [3.05, 3.63) is 77.6 Å². The van der Waals surface area contributed by atoms with Crippen LogP contribution < -0.4 is 14.2 Å². The van der Waals surface area contributed by atoms with Gasteiger partial charge in [0, 0.05) is 37.1 Å². The Kier molecular flexibility index (Phi) is 5.76. The van der Waals surface area contributed by atoms with Gasteiger partial charge in [-0.15, -0.1) is 0 Å². The van der Waals surface area contributed by atoms with Gasteiger partial charge in [0.2, 0.25) is 0 Å². The molecule has 3 aromatic rings. The first-order valence-electron chi connectivity index (χ1n) is 9.97. The van der Waals surface area contributed by atoms with E-state index in [0.717, 1.165) is 48.9 Å². The van der Waals surface area contributed by atoms with Gasteiger partial charge in [0.1, 0.15) is 17.2 Å². The zero-order valence-electron chi connectivity index (χ0n) is 17.3. The number of nitrogens with zero attached hydrogens (tertiary/aromatic N) is 2. The van der Waals surface area contributed by atoms with Crippen molar-refractivity contribution in [2.45, 2.75) is 25.6 Å². The van der Waals surface area contributed by atoms with E-state index in [1.165, 1.54) is 11.3 Å². The highest BCUT2D eigenvalue weighted by atomic mass is 16.5. The van der Waals surface area contributed by atoms with Gasteiger partial charge in [-0.1, -0.05) is 12.1 Å². The Labute approximate surface area is 172 Å². The van der Waals surface area contributed by atoms with E-state index in [1.807, 2.05) is 24.3 Å². The zero-order valence-corrected chi connectivity index (χ0v) is 17.3. The van der Waals surface area contributed by atoms with Crippen LogP contribution in [-0.2, 0) is 13.1 Å². The molecule has 1 aliphatic heterocycles. The van der Waals surface area contributed by atoms with Crippen molar-refractivity contribution >= 4 is 0 Å². The van der Waals surface area contributed by atoms with Gasteiger partial charge in [0.05, 0.1) is 27.4 Å². The number of benzene rings is 2. The smallest absolute Gasteiger partial charge is 0.123 e. The van der Waals surface area contributed by atoms with Crippen LogP contribution in [-0.4, -0.2) is 37.3 Å². The van der Waals surface area contributed by atoms with Crippen molar-refractivity contribution in [2.24, 2.45) is 0 Å². The molecule has 152 valence electrons. The Morgan fingerprint density at radius 3 is 2.34 bits per heavy atom. The lowest BCUT2D eigenvalue weighted by atomic mass is 10.0. The molecule has 0 spiro atoms. The number of fused-ring (bicyclic) bond motifs is 1. The molecule has 1 aromatic heterocycles. The van der Waals surface area contributed by atoms with Gasteiger partial charge in [-0.3, -0.25) is 4.90 Å². The number of hydrogen-bond donors (Lipinski definition) is 0. The van der Waals surface area contributed by atoms with Gasteiger partial charge in [0.25, 0.3) is 0 Å². The molecule has 5 nitrogen and oxygen atoms in total. The number of ether oxygens (including phenoxy) is 3. The molecule has 0 saturated carbocycles. The molecular formula is C24H28N2O3. The summed E-state index contributed by atoms with van der Waals surface area (Å²) in [4.78, 5) is 2.53. The Balaban J connectivity index is 1.74. The minimum Gasteiger partial charge on any atom is -0.497 e. The maximum absolute atomic E-state index is 5.64. The van der Waals surface area contributed by atoms with Crippen LogP contribution in [0.3, 0.4) is 0 Å². The molecule has 2 heterocycles. The molecule has 0 saturated heterocycles. The van der Waals surface area contributed by atoms with Gasteiger partial charge in [-0.25, -0.2) is 0 Å². The summed E-state index contributed by atoms with van der Waals surface area (Å²) in [5.74, 6) is 2.61. The fourth-order valence-corrected chi connectivity index (χ4v) is 4.20. The van der Waals surface area contributed by atoms with Crippen molar-refractivity contribution in [3.8, 4) is 17.2 Å². The monoisotopic (exact) mass is 392 g/mol. The Morgan fingerprint density at radius 2 is 1.62 bits per heavy atom. The normalized spacial score (nSPS) is 16.7. The van der Waals surface area contributed by atoms with E-state index in [4.69, 9.17) is 14.2 Å². The SMILES string of the molecule is COc1ccc(C2c3cccn3CCCN2Cc2cc(OC)ccc2OC)cc1. The lowest BCUT2D eigenvalue weighted by molar-refractivity contribution is 0.217. The van der Waals surface area contributed by atoms with E-state index >= 15 is 0 Å². The zero-order chi connectivity index (χ0) is 20.2. The number of aromatic nitrogens is 1. The second-order valence-electron chi connectivity index (χ2n) is 7.30. The van der Waals surface area contributed by atoms with Crippen molar-refractivity contribution in [3.63, 3.8) is 0 Å². The summed E-state index contributed by atoms with van der Waals surface area (Å²) in [5.41, 5.74) is 3.70. The van der Waals surface area contributed by atoms with Crippen LogP contribution in [0.5, 0.6) is 17.2 Å². The summed E-state index contributed by atoms with van der Waals surface area (Å²) in [5, 5.41) is 0. The van der Waals surface area contributed by atoms with Crippen molar-refractivity contribution < 1.29 is 14.2 Å². The van der Waals surface area contributed by atoms with E-state index in [2.05, 4.69) is 46.0 Å². The third kappa shape index (κ3) is 3.96. The number of methoxy groups -OCH3 is 3. The third-order valence-electron chi connectivity index (χ3n) is 5.65. The minimum absolute atomic E-state index is 0.161. The highest BCUT2D eigenvalue weighted by Gasteiger charge is 2.28. The summed E-state index contributed by atoms with van der Waals surface area (Å²) in [6.45, 7) is 2.81. The van der Waals surface area contributed by atoms with Gasteiger partial charge < -0.3 is 18.8 Å². The standard InChI is InChI=1S/C24H28N2O3/c1-27-20-9-7-18(8-10-20)24-22-6-4-13-25(22)14-5-15-26(24)17-19-16-21(28-2)11-12-23(19)29-3/h4,6-13,16,24H,5,14-15,17H2,1-3H3. The van der Waals surface area contributed by atoms with Gasteiger partial charge in [-0.2, -0.15) is 0 Å². The Bertz CT molecular complexity index is 949. The molecule has 2 aromatic carbocycles. The lowest BCUT2D eigenvalue weighted by Crippen LogP contribution is -2.29. The predicted molar refractivity (Wildman–Crippen MR) is 114 cm³/mol. The van der Waals surface area contributed by atoms with Crippen LogP contribution in [0.15, 0.2) is 60.8 Å². The summed E-state index contributed by atoms with van der Waals surface area (Å²) >= 11 is 0. The molecule has 1 aliphatic rings. The van der Waals surface area contributed by atoms with E-state index < -0.39 is 0 Å². The van der Waals surface area contributed by atoms with Crippen LogP contribution in [0.2, 0.25) is 0 Å². The highest BCUT2D eigenvalue weighted by Crippen LogP contribution is 2.35. The first-order chi connectivity index (χ1) is 14.2. The molecule has 0 amide bonds. The third-order valence-corrected chi connectivity index (χ3v) is 5.65. The predicted octanol–water partition coefficient (Wildman–Crippen LogP) is 4.51. The second-order valence-corrected chi connectivity index (χ2v) is 7.30. The molecular weight excluding hydrogens is 364 g/mol. The first kappa shape index (κ1) is 19.4. The largest absolute Gasteiger partial charge is 0.497 e. The summed E-state index contributed by atoms with van der Waals surface area (Å²) in [7, 11) is 5.12. The number of rotatable bonds is 6. The second kappa shape index (κ2) is 8.62. The highest BCUT2D eigenvalue weighted by molar-refractivity contribution is 5.41. The minimum atomic E-state index is 0.161. The molecule has 0 N–H and O–H groups in total. The molecule has 4 rings (SSSR count). The van der Waals surface area contributed by atoms with Gasteiger partial charge >= 0.3 is 0 Å². The molecule has 0 aliphatic carbocycles. The van der Waals surface area contributed by atoms with Crippen LogP contribution in [0.1, 0.15) is 29.3 Å². The quantitative estimate of drug-likeness (QED) is 0.618. The van der Waals surface area contributed by atoms with Gasteiger partial charge in [0.15, 0.2) is 0 Å². The molecule has 29 heavy (non-hydrogen) atoms. The number of hydrogen-bond acceptors (Lipinski definition) is 4. The molecule has 1 unspecified atom stereocenters. The summed E-state index contributed by atoms with van der Waals surface area (Å²) in [6.07, 6.45) is 3.28. The Morgan fingerprint density at radius 1 is 0.862 bits per heavy atom. The van der Waals surface area contributed by atoms with Crippen LogP contribution in [0, 0.1) is 0 Å². The molecule has 0 fully saturated rings. The van der Waals surface area contributed by atoms with Crippen molar-refractivity contribution in [2.75, 3.05) is 27.9 Å². The van der Waals surface area contributed by atoms with E-state index in [1.54, 1.807) is 21.3 Å². The van der Waals surface area contributed by atoms with Crippen molar-refractivity contribution in [1.82, 2.24) is 9.47 Å². The van der Waals surface area contributed by atoms with Crippen molar-refractivity contribution in [1.29, 1.82) is 0 Å². The van der Waals surface area contributed by atoms with E-state index in [9.17, 15) is 0 Å². The fourth-order valence-electron chi connectivity index (χ4n) is 4.20. The molecule has 1 atom stereocenters. The van der Waals surface area contributed by atoms with Crippen LogP contribution in [0.25, 0.3) is 0 Å². The molecule has 0 radical (unpaired) electrons. The maximum Gasteiger partial charge on any atom is 0.123 e. The van der Waals surface area contributed by atoms with Crippen LogP contribution in [0.4, 0.5) is 0 Å². The number of aryl methyl sites for hydroxylation is 1. The average molecular weight is 392 g/mol. The van der Waals surface area contributed by atoms with E-state index in [-0.39, 0.29) is 6.04 Å². The Hall–Kier alpha value is -2.92. The van der Waals surface area contributed by atoms with Gasteiger partial charge in [-0.05, 0) is 54.4 Å².